The second-order valence-electron chi connectivity index (χ2n) is 3.90. The molecule has 2 heterocycles. The zero-order valence-electron chi connectivity index (χ0n) is 9.56. The van der Waals surface area contributed by atoms with E-state index < -0.39 is 0 Å². The Bertz CT molecular complexity index is 644. The lowest BCUT2D eigenvalue weighted by Gasteiger charge is -2.08. The van der Waals surface area contributed by atoms with Crippen LogP contribution in [0.3, 0.4) is 0 Å². The Morgan fingerprint density at radius 3 is 2.33 bits per heavy atom. The molecule has 88 valence electrons. The van der Waals surface area contributed by atoms with Gasteiger partial charge in [-0.2, -0.15) is 0 Å². The van der Waals surface area contributed by atoms with E-state index in [2.05, 4.69) is 9.97 Å². The van der Waals surface area contributed by atoms with Gasteiger partial charge in [-0.25, -0.2) is 4.98 Å². The Hall–Kier alpha value is -2.62. The zero-order valence-corrected chi connectivity index (χ0v) is 9.56. The number of rotatable bonds is 2. The number of pyridine rings is 1. The minimum Gasteiger partial charge on any atom is -0.508 e. The summed E-state index contributed by atoms with van der Waals surface area (Å²) in [5.74, 6) is 0.254. The molecule has 4 heteroatoms. The van der Waals surface area contributed by atoms with Gasteiger partial charge in [-0.05, 0) is 36.4 Å². The highest BCUT2D eigenvalue weighted by molar-refractivity contribution is 5.61. The van der Waals surface area contributed by atoms with Crippen molar-refractivity contribution in [2.75, 3.05) is 0 Å². The maximum atomic E-state index is 9.31. The molecular formula is C14H11N3O. The van der Waals surface area contributed by atoms with E-state index in [1.807, 2.05) is 35.0 Å². The van der Waals surface area contributed by atoms with E-state index in [0.717, 1.165) is 16.9 Å². The highest BCUT2D eigenvalue weighted by Crippen LogP contribution is 2.22. The van der Waals surface area contributed by atoms with Crippen molar-refractivity contribution in [3.63, 3.8) is 0 Å². The van der Waals surface area contributed by atoms with Gasteiger partial charge in [-0.1, -0.05) is 0 Å². The summed E-state index contributed by atoms with van der Waals surface area (Å²) in [7, 11) is 0. The standard InChI is InChI=1S/C14H11N3O/c18-13-3-1-12(2-4-13)17-10-16-9-14(17)11-5-7-15-8-6-11/h1-10,18H. The first-order valence-corrected chi connectivity index (χ1v) is 5.57. The zero-order chi connectivity index (χ0) is 12.4. The Kier molecular flexibility index (Phi) is 2.53. The summed E-state index contributed by atoms with van der Waals surface area (Å²) in [6.07, 6.45) is 7.07. The predicted octanol–water partition coefficient (Wildman–Crippen LogP) is 2.64. The molecule has 0 aliphatic rings. The fourth-order valence-electron chi connectivity index (χ4n) is 1.85. The topological polar surface area (TPSA) is 50.9 Å². The summed E-state index contributed by atoms with van der Waals surface area (Å²) >= 11 is 0. The maximum Gasteiger partial charge on any atom is 0.115 e. The van der Waals surface area contributed by atoms with Gasteiger partial charge in [0.15, 0.2) is 0 Å². The van der Waals surface area contributed by atoms with Crippen molar-refractivity contribution in [2.45, 2.75) is 0 Å². The van der Waals surface area contributed by atoms with Gasteiger partial charge in [0, 0.05) is 23.6 Å². The number of hydrogen-bond donors (Lipinski definition) is 1. The SMILES string of the molecule is Oc1ccc(-n2cncc2-c2ccncc2)cc1. The van der Waals surface area contributed by atoms with E-state index in [4.69, 9.17) is 0 Å². The average molecular weight is 237 g/mol. The molecule has 1 N–H and O–H groups in total. The highest BCUT2D eigenvalue weighted by atomic mass is 16.3. The van der Waals surface area contributed by atoms with Gasteiger partial charge >= 0.3 is 0 Å². The summed E-state index contributed by atoms with van der Waals surface area (Å²) in [6, 6.07) is 10.9. The molecule has 3 aromatic rings. The maximum absolute atomic E-state index is 9.31. The van der Waals surface area contributed by atoms with E-state index >= 15 is 0 Å². The molecule has 0 saturated carbocycles. The molecule has 3 rings (SSSR count). The van der Waals surface area contributed by atoms with E-state index in [9.17, 15) is 5.11 Å². The van der Waals surface area contributed by atoms with Crippen LogP contribution in [0, 0.1) is 0 Å². The molecule has 0 bridgehead atoms. The second-order valence-corrected chi connectivity index (χ2v) is 3.90. The molecule has 0 radical (unpaired) electrons. The van der Waals surface area contributed by atoms with Crippen LogP contribution >= 0.6 is 0 Å². The van der Waals surface area contributed by atoms with Crippen LogP contribution in [-0.4, -0.2) is 19.6 Å². The van der Waals surface area contributed by atoms with E-state index in [1.54, 1.807) is 30.9 Å². The second kappa shape index (κ2) is 4.33. The number of aromatic nitrogens is 3. The molecule has 2 aromatic heterocycles. The first kappa shape index (κ1) is 10.5. The van der Waals surface area contributed by atoms with Gasteiger partial charge in [0.1, 0.15) is 5.75 Å². The summed E-state index contributed by atoms with van der Waals surface area (Å²) in [6.45, 7) is 0. The summed E-state index contributed by atoms with van der Waals surface area (Å²) < 4.78 is 1.97. The van der Waals surface area contributed by atoms with Crippen molar-refractivity contribution in [3.8, 4) is 22.7 Å². The largest absolute Gasteiger partial charge is 0.508 e. The Labute approximate surface area is 104 Å². The molecule has 0 unspecified atom stereocenters. The Morgan fingerprint density at radius 2 is 1.61 bits per heavy atom. The van der Waals surface area contributed by atoms with Crippen molar-refractivity contribution in [1.82, 2.24) is 14.5 Å². The van der Waals surface area contributed by atoms with Crippen LogP contribution in [0.25, 0.3) is 16.9 Å². The van der Waals surface area contributed by atoms with Crippen molar-refractivity contribution in [1.29, 1.82) is 0 Å². The number of phenols is 1. The lowest BCUT2D eigenvalue weighted by atomic mass is 10.2. The van der Waals surface area contributed by atoms with Crippen molar-refractivity contribution < 1.29 is 5.11 Å². The van der Waals surface area contributed by atoms with E-state index in [1.165, 1.54) is 0 Å². The normalized spacial score (nSPS) is 10.4. The quantitative estimate of drug-likeness (QED) is 0.745. The minimum atomic E-state index is 0.254. The van der Waals surface area contributed by atoms with Crippen LogP contribution in [0.5, 0.6) is 5.75 Å². The molecule has 18 heavy (non-hydrogen) atoms. The third-order valence-corrected chi connectivity index (χ3v) is 2.74. The van der Waals surface area contributed by atoms with Crippen LogP contribution in [0.1, 0.15) is 0 Å². The summed E-state index contributed by atoms with van der Waals surface area (Å²) in [4.78, 5) is 8.18. The molecule has 4 nitrogen and oxygen atoms in total. The molecule has 0 amide bonds. The summed E-state index contributed by atoms with van der Waals surface area (Å²) in [5.41, 5.74) is 3.00. The van der Waals surface area contributed by atoms with Gasteiger partial charge < -0.3 is 5.11 Å². The monoisotopic (exact) mass is 237 g/mol. The van der Waals surface area contributed by atoms with E-state index in [-0.39, 0.29) is 5.75 Å². The number of aromatic hydroxyl groups is 1. The minimum absolute atomic E-state index is 0.254. The molecule has 0 atom stereocenters. The molecule has 0 saturated heterocycles. The molecule has 0 aliphatic carbocycles. The van der Waals surface area contributed by atoms with Gasteiger partial charge in [0.25, 0.3) is 0 Å². The number of benzene rings is 1. The number of nitrogens with zero attached hydrogens (tertiary/aromatic N) is 3. The molecule has 0 aliphatic heterocycles. The highest BCUT2D eigenvalue weighted by Gasteiger charge is 2.06. The third-order valence-electron chi connectivity index (χ3n) is 2.74. The molecular weight excluding hydrogens is 226 g/mol. The van der Waals surface area contributed by atoms with Crippen LogP contribution < -0.4 is 0 Å². The lowest BCUT2D eigenvalue weighted by molar-refractivity contribution is 0.475. The average Bonchev–Trinajstić information content (AvgIpc) is 2.90. The van der Waals surface area contributed by atoms with Crippen LogP contribution in [0.2, 0.25) is 0 Å². The van der Waals surface area contributed by atoms with Crippen molar-refractivity contribution in [3.05, 3.63) is 61.3 Å². The first-order valence-electron chi connectivity index (χ1n) is 5.57. The van der Waals surface area contributed by atoms with Gasteiger partial charge in [0.2, 0.25) is 0 Å². The smallest absolute Gasteiger partial charge is 0.115 e. The van der Waals surface area contributed by atoms with Gasteiger partial charge in [-0.3, -0.25) is 9.55 Å². The van der Waals surface area contributed by atoms with Crippen LogP contribution in [-0.2, 0) is 0 Å². The fourth-order valence-corrected chi connectivity index (χ4v) is 1.85. The number of hydrogen-bond acceptors (Lipinski definition) is 3. The van der Waals surface area contributed by atoms with Crippen molar-refractivity contribution >= 4 is 0 Å². The Balaban J connectivity index is 2.10. The molecule has 1 aromatic carbocycles. The fraction of sp³-hybridized carbons (Fsp3) is 0. The van der Waals surface area contributed by atoms with Crippen molar-refractivity contribution in [2.24, 2.45) is 0 Å². The van der Waals surface area contributed by atoms with Gasteiger partial charge in [-0.15, -0.1) is 0 Å². The predicted molar refractivity (Wildman–Crippen MR) is 68.5 cm³/mol. The van der Waals surface area contributed by atoms with Gasteiger partial charge in [0.05, 0.1) is 18.2 Å². The Morgan fingerprint density at radius 1 is 0.889 bits per heavy atom. The third kappa shape index (κ3) is 1.84. The van der Waals surface area contributed by atoms with Crippen LogP contribution in [0.4, 0.5) is 0 Å². The van der Waals surface area contributed by atoms with E-state index in [0.29, 0.717) is 0 Å². The summed E-state index contributed by atoms with van der Waals surface area (Å²) in [5, 5.41) is 9.31. The van der Waals surface area contributed by atoms with Crippen LogP contribution in [0.15, 0.2) is 61.3 Å². The lowest BCUT2D eigenvalue weighted by Crippen LogP contribution is -1.94. The first-order chi connectivity index (χ1) is 8.84. The molecule has 0 spiro atoms. The molecule has 0 fully saturated rings. The number of imidazole rings is 1. The number of phenolic OH excluding ortho intramolecular Hbond substituents is 1.